The zero-order valence-electron chi connectivity index (χ0n) is 24.6. The molecular formula is C32H48N4O3. The summed E-state index contributed by atoms with van der Waals surface area (Å²) in [6, 6.07) is 2.18. The van der Waals surface area contributed by atoms with Crippen molar-refractivity contribution in [1.29, 1.82) is 0 Å². The zero-order chi connectivity index (χ0) is 28.0. The smallest absolute Gasteiger partial charge is 0.255 e. The number of aliphatic hydroxyl groups is 1. The van der Waals surface area contributed by atoms with E-state index in [1.165, 1.54) is 24.1 Å². The second kappa shape index (κ2) is 13.1. The molecule has 2 heterocycles. The highest BCUT2D eigenvalue weighted by atomic mass is 16.5. The van der Waals surface area contributed by atoms with Gasteiger partial charge in [0.15, 0.2) is 0 Å². The molecular weight excluding hydrogens is 488 g/mol. The van der Waals surface area contributed by atoms with E-state index in [0.717, 1.165) is 73.3 Å². The summed E-state index contributed by atoms with van der Waals surface area (Å²) >= 11 is 0. The first kappa shape index (κ1) is 29.3. The minimum atomic E-state index is -0.613. The fourth-order valence-electron chi connectivity index (χ4n) is 5.96. The van der Waals surface area contributed by atoms with Crippen molar-refractivity contribution in [2.24, 2.45) is 5.41 Å². The van der Waals surface area contributed by atoms with Gasteiger partial charge in [0.25, 0.3) is 5.91 Å². The topological polar surface area (TPSA) is 94.2 Å². The van der Waals surface area contributed by atoms with Crippen molar-refractivity contribution >= 4 is 12.0 Å². The Kier molecular flexibility index (Phi) is 9.89. The van der Waals surface area contributed by atoms with Crippen LogP contribution in [0.25, 0.3) is 17.5 Å². The third-order valence-corrected chi connectivity index (χ3v) is 8.48. The molecule has 4 rings (SSSR count). The average molecular weight is 537 g/mol. The summed E-state index contributed by atoms with van der Waals surface area (Å²) < 4.78 is 6.26. The van der Waals surface area contributed by atoms with Gasteiger partial charge in [-0.25, -0.2) is 0 Å². The lowest BCUT2D eigenvalue weighted by Crippen LogP contribution is -2.39. The van der Waals surface area contributed by atoms with Gasteiger partial charge >= 0.3 is 0 Å². The fourth-order valence-corrected chi connectivity index (χ4v) is 5.96. The Morgan fingerprint density at radius 2 is 2.03 bits per heavy atom. The van der Waals surface area contributed by atoms with E-state index in [9.17, 15) is 9.90 Å². The number of H-pyrrole nitrogens is 2. The molecule has 1 atom stereocenters. The van der Waals surface area contributed by atoms with Crippen LogP contribution in [0.4, 0.5) is 0 Å². The molecule has 214 valence electrons. The molecule has 0 aromatic carbocycles. The van der Waals surface area contributed by atoms with Crippen LogP contribution in [0.3, 0.4) is 0 Å². The van der Waals surface area contributed by atoms with E-state index in [4.69, 9.17) is 9.84 Å². The van der Waals surface area contributed by atoms with Crippen molar-refractivity contribution < 1.29 is 14.6 Å². The van der Waals surface area contributed by atoms with Crippen LogP contribution in [0.15, 0.2) is 23.9 Å². The molecule has 0 bridgehead atoms. The first-order valence-corrected chi connectivity index (χ1v) is 14.8. The molecule has 39 heavy (non-hydrogen) atoms. The number of nitrogens with zero attached hydrogens (tertiary/aromatic N) is 2. The highest BCUT2D eigenvalue weighted by molar-refractivity contribution is 5.82. The molecule has 2 aromatic rings. The van der Waals surface area contributed by atoms with Gasteiger partial charge in [0.1, 0.15) is 11.8 Å². The quantitative estimate of drug-likeness (QED) is 0.309. The van der Waals surface area contributed by atoms with Crippen LogP contribution in [-0.4, -0.2) is 57.0 Å². The third-order valence-electron chi connectivity index (χ3n) is 8.48. The number of ether oxygens (including phenoxy) is 1. The lowest BCUT2D eigenvalue weighted by Gasteiger charge is -2.29. The van der Waals surface area contributed by atoms with Gasteiger partial charge in [0, 0.05) is 49.1 Å². The predicted octanol–water partition coefficient (Wildman–Crippen LogP) is 6.35. The molecule has 1 amide bonds. The molecule has 2 aromatic heterocycles. The van der Waals surface area contributed by atoms with Crippen molar-refractivity contribution in [2.75, 3.05) is 13.7 Å². The number of hydrogen-bond donors (Lipinski definition) is 3. The molecule has 0 saturated heterocycles. The van der Waals surface area contributed by atoms with Crippen molar-refractivity contribution in [3.8, 4) is 11.4 Å². The minimum absolute atomic E-state index is 0.0634. The maximum atomic E-state index is 13.4. The van der Waals surface area contributed by atoms with Gasteiger partial charge in [-0.3, -0.25) is 9.89 Å². The summed E-state index contributed by atoms with van der Waals surface area (Å²) in [6.07, 6.45) is 16.7. The number of carbonyl (C=O) groups excluding carboxylic acids is 1. The highest BCUT2D eigenvalue weighted by Gasteiger charge is 2.30. The van der Waals surface area contributed by atoms with E-state index in [0.29, 0.717) is 18.3 Å². The van der Waals surface area contributed by atoms with Gasteiger partial charge < -0.3 is 19.7 Å². The summed E-state index contributed by atoms with van der Waals surface area (Å²) in [5, 5.41) is 17.6. The highest BCUT2D eigenvalue weighted by Crippen LogP contribution is 2.38. The SMILES string of the molecule is C/C=C\c1cc(-c2n[nH]c3c2CCC(C)(C)C3)[nH]c1C/C=C(\C)N(C)C(=O)C(CCO)OC1CCCCCC1. The molecule has 2 aliphatic carbocycles. The normalized spacial score (nSPS) is 19.2. The van der Waals surface area contributed by atoms with Crippen molar-refractivity contribution in [2.45, 2.75) is 111 Å². The Hall–Kier alpha value is -2.64. The van der Waals surface area contributed by atoms with Gasteiger partial charge in [0.05, 0.1) is 11.8 Å². The van der Waals surface area contributed by atoms with Gasteiger partial charge in [-0.15, -0.1) is 0 Å². The van der Waals surface area contributed by atoms with E-state index >= 15 is 0 Å². The molecule has 1 fully saturated rings. The summed E-state index contributed by atoms with van der Waals surface area (Å²) in [5.74, 6) is -0.0889. The number of carbonyl (C=O) groups is 1. The molecule has 1 unspecified atom stereocenters. The Bertz CT molecular complexity index is 1160. The van der Waals surface area contributed by atoms with Crippen molar-refractivity contribution in [1.82, 2.24) is 20.1 Å². The largest absolute Gasteiger partial charge is 0.396 e. The average Bonchev–Trinajstić information content (AvgIpc) is 3.40. The van der Waals surface area contributed by atoms with Gasteiger partial charge in [-0.1, -0.05) is 57.8 Å². The monoisotopic (exact) mass is 536 g/mol. The first-order chi connectivity index (χ1) is 18.7. The molecule has 3 N–H and O–H groups in total. The summed E-state index contributed by atoms with van der Waals surface area (Å²) in [7, 11) is 1.81. The molecule has 7 nitrogen and oxygen atoms in total. The number of aromatic amines is 2. The van der Waals surface area contributed by atoms with Crippen LogP contribution >= 0.6 is 0 Å². The van der Waals surface area contributed by atoms with E-state index < -0.39 is 6.10 Å². The van der Waals surface area contributed by atoms with Crippen LogP contribution in [0.2, 0.25) is 0 Å². The number of likely N-dealkylation sites (N-methyl/N-ethyl adjacent to an activating group) is 1. The second-order valence-corrected chi connectivity index (χ2v) is 12.2. The van der Waals surface area contributed by atoms with E-state index in [1.807, 2.05) is 13.8 Å². The number of hydrogen-bond acceptors (Lipinski definition) is 4. The number of allylic oxidation sites excluding steroid dienone is 3. The lowest BCUT2D eigenvalue weighted by atomic mass is 9.76. The standard InChI is InChI=1S/C32H48N4O3/c1-6-11-23-20-27(30-25-16-18-32(3,4)21-28(25)34-35-30)33-26(23)15-14-22(2)36(5)31(38)29(17-19-37)39-24-12-9-7-8-10-13-24/h6,11,14,20,24,29,33,37H,7-10,12-13,15-19,21H2,1-5H3,(H,34,35)/b11-6-,22-14+. The first-order valence-electron chi connectivity index (χ1n) is 14.8. The van der Waals surface area contributed by atoms with Crippen LogP contribution in [0.1, 0.15) is 102 Å². The van der Waals surface area contributed by atoms with E-state index in [2.05, 4.69) is 48.2 Å². The number of nitrogens with one attached hydrogen (secondary N) is 2. The number of amides is 1. The fraction of sp³-hybridized carbons (Fsp3) is 0.625. The summed E-state index contributed by atoms with van der Waals surface area (Å²) in [5.41, 5.74) is 8.04. The Morgan fingerprint density at radius 3 is 2.72 bits per heavy atom. The minimum Gasteiger partial charge on any atom is -0.396 e. The third kappa shape index (κ3) is 7.31. The number of aromatic nitrogens is 3. The van der Waals surface area contributed by atoms with Crippen molar-refractivity contribution in [3.05, 3.63) is 46.4 Å². The second-order valence-electron chi connectivity index (χ2n) is 12.2. The van der Waals surface area contributed by atoms with Gasteiger partial charge in [-0.05, 0) is 63.0 Å². The Morgan fingerprint density at radius 1 is 1.28 bits per heavy atom. The maximum absolute atomic E-state index is 13.4. The summed E-state index contributed by atoms with van der Waals surface area (Å²) in [6.45, 7) is 8.56. The number of aliphatic hydroxyl groups excluding tert-OH is 1. The van der Waals surface area contributed by atoms with Crippen LogP contribution in [0, 0.1) is 5.41 Å². The molecule has 0 radical (unpaired) electrons. The number of fused-ring (bicyclic) bond motifs is 1. The Labute approximate surface area is 234 Å². The van der Waals surface area contributed by atoms with Crippen LogP contribution in [-0.2, 0) is 28.8 Å². The van der Waals surface area contributed by atoms with E-state index in [-0.39, 0.29) is 18.6 Å². The maximum Gasteiger partial charge on any atom is 0.255 e. The molecule has 0 aliphatic heterocycles. The van der Waals surface area contributed by atoms with Crippen LogP contribution in [0.5, 0.6) is 0 Å². The molecule has 7 heteroatoms. The zero-order valence-corrected chi connectivity index (χ0v) is 24.6. The molecule has 1 saturated carbocycles. The van der Waals surface area contributed by atoms with E-state index in [1.54, 1.807) is 11.9 Å². The van der Waals surface area contributed by atoms with Crippen LogP contribution < -0.4 is 0 Å². The number of rotatable bonds is 10. The molecule has 0 spiro atoms. The summed E-state index contributed by atoms with van der Waals surface area (Å²) in [4.78, 5) is 18.7. The predicted molar refractivity (Wildman–Crippen MR) is 157 cm³/mol. The van der Waals surface area contributed by atoms with Gasteiger partial charge in [-0.2, -0.15) is 5.10 Å². The van der Waals surface area contributed by atoms with Gasteiger partial charge in [0.2, 0.25) is 0 Å². The molecule has 2 aliphatic rings. The lowest BCUT2D eigenvalue weighted by molar-refractivity contribution is -0.146. The Balaban J connectivity index is 1.48. The van der Waals surface area contributed by atoms with Crippen molar-refractivity contribution in [3.63, 3.8) is 0 Å².